The van der Waals surface area contributed by atoms with Crippen LogP contribution in [0.1, 0.15) is 24.0 Å². The van der Waals surface area contributed by atoms with Crippen LogP contribution < -0.4 is 5.32 Å². The van der Waals surface area contributed by atoms with Crippen LogP contribution in [0, 0.1) is 0 Å². The second-order valence-corrected chi connectivity index (χ2v) is 4.07. The van der Waals surface area contributed by atoms with E-state index in [2.05, 4.69) is 34.3 Å². The van der Waals surface area contributed by atoms with E-state index in [4.69, 9.17) is 0 Å². The van der Waals surface area contributed by atoms with Crippen molar-refractivity contribution in [1.29, 1.82) is 0 Å². The molecule has 0 aliphatic carbocycles. The highest BCUT2D eigenvalue weighted by molar-refractivity contribution is 5.69. The molecule has 1 rings (SSSR count). The number of ether oxygens (including phenoxy) is 1. The predicted octanol–water partition coefficient (Wildman–Crippen LogP) is 2.41. The van der Waals surface area contributed by atoms with E-state index in [9.17, 15) is 4.79 Å². The van der Waals surface area contributed by atoms with Gasteiger partial charge in [0, 0.05) is 6.42 Å². The number of carbonyl (C=O) groups excluding carboxylic acids is 1. The number of rotatable bonds is 7. The first-order valence-corrected chi connectivity index (χ1v) is 6.23. The monoisotopic (exact) mass is 247 g/mol. The Morgan fingerprint density at radius 1 is 1.39 bits per heavy atom. The van der Waals surface area contributed by atoms with Crippen molar-refractivity contribution < 1.29 is 9.53 Å². The third kappa shape index (κ3) is 5.15. The average molecular weight is 247 g/mol. The third-order valence-corrected chi connectivity index (χ3v) is 2.74. The summed E-state index contributed by atoms with van der Waals surface area (Å²) < 4.78 is 4.66. The number of aryl methyl sites for hydroxylation is 1. The number of esters is 1. The summed E-state index contributed by atoms with van der Waals surface area (Å²) in [6.07, 6.45) is 6.41. The molecule has 18 heavy (non-hydrogen) atoms. The summed E-state index contributed by atoms with van der Waals surface area (Å²) >= 11 is 0. The van der Waals surface area contributed by atoms with Gasteiger partial charge in [0.05, 0.1) is 7.11 Å². The number of hydrogen-bond acceptors (Lipinski definition) is 3. The molecule has 0 spiro atoms. The summed E-state index contributed by atoms with van der Waals surface area (Å²) in [5.74, 6) is -0.163. The lowest BCUT2D eigenvalue weighted by molar-refractivity contribution is -0.140. The number of carbonyl (C=O) groups is 1. The second-order valence-electron chi connectivity index (χ2n) is 4.07. The second kappa shape index (κ2) is 8.48. The van der Waals surface area contributed by atoms with E-state index in [0.29, 0.717) is 6.42 Å². The van der Waals surface area contributed by atoms with Gasteiger partial charge in [-0.25, -0.2) is 0 Å². The van der Waals surface area contributed by atoms with Crippen molar-refractivity contribution >= 4 is 12.0 Å². The van der Waals surface area contributed by atoms with Gasteiger partial charge in [0.2, 0.25) is 0 Å². The van der Waals surface area contributed by atoms with E-state index >= 15 is 0 Å². The maximum atomic E-state index is 11.1. The minimum Gasteiger partial charge on any atom is -0.469 e. The molecule has 0 amide bonds. The average Bonchev–Trinajstić information content (AvgIpc) is 2.42. The third-order valence-electron chi connectivity index (χ3n) is 2.74. The Balaban J connectivity index is 2.61. The van der Waals surface area contributed by atoms with Gasteiger partial charge in [0.1, 0.15) is 0 Å². The van der Waals surface area contributed by atoms with Gasteiger partial charge < -0.3 is 10.1 Å². The summed E-state index contributed by atoms with van der Waals surface area (Å²) in [5.41, 5.74) is 2.36. The highest BCUT2D eigenvalue weighted by Crippen LogP contribution is 2.13. The zero-order valence-electron chi connectivity index (χ0n) is 11.1. The van der Waals surface area contributed by atoms with Crippen LogP contribution >= 0.6 is 0 Å². The summed E-state index contributed by atoms with van der Waals surface area (Å²) in [5, 5.41) is 3.10. The van der Waals surface area contributed by atoms with Crippen molar-refractivity contribution in [2.45, 2.75) is 19.3 Å². The van der Waals surface area contributed by atoms with Gasteiger partial charge in [-0.05, 0) is 37.6 Å². The van der Waals surface area contributed by atoms with Gasteiger partial charge >= 0.3 is 5.97 Å². The normalized spacial score (nSPS) is 10.8. The molecule has 0 atom stereocenters. The maximum absolute atomic E-state index is 11.1. The summed E-state index contributed by atoms with van der Waals surface area (Å²) in [7, 11) is 3.37. The lowest BCUT2D eigenvalue weighted by atomic mass is 10.0. The molecule has 0 bridgehead atoms. The molecule has 0 aliphatic heterocycles. The fourth-order valence-corrected chi connectivity index (χ4v) is 1.70. The molecule has 0 radical (unpaired) electrons. The largest absolute Gasteiger partial charge is 0.469 e. The summed E-state index contributed by atoms with van der Waals surface area (Å²) in [6, 6.07) is 8.14. The topological polar surface area (TPSA) is 38.3 Å². The van der Waals surface area contributed by atoms with Crippen LogP contribution in [0.2, 0.25) is 0 Å². The highest BCUT2D eigenvalue weighted by atomic mass is 16.5. The molecule has 0 heterocycles. The van der Waals surface area contributed by atoms with Crippen molar-refractivity contribution in [2.24, 2.45) is 0 Å². The van der Waals surface area contributed by atoms with Gasteiger partial charge in [-0.15, -0.1) is 0 Å². The highest BCUT2D eigenvalue weighted by Gasteiger charge is 2.03. The fourth-order valence-electron chi connectivity index (χ4n) is 1.70. The SMILES string of the molecule is CNCCC=Cc1ccccc1CCC(=O)OC. The lowest BCUT2D eigenvalue weighted by Crippen LogP contribution is -2.05. The quantitative estimate of drug-likeness (QED) is 0.594. The van der Waals surface area contributed by atoms with Crippen molar-refractivity contribution in [2.75, 3.05) is 20.7 Å². The smallest absolute Gasteiger partial charge is 0.305 e. The zero-order chi connectivity index (χ0) is 13.2. The standard InChI is InChI=1S/C15H21NO2/c1-16-12-6-5-9-13-7-3-4-8-14(13)10-11-15(17)18-2/h3-5,7-9,16H,6,10-12H2,1-2H3. The molecule has 3 heteroatoms. The lowest BCUT2D eigenvalue weighted by Gasteiger charge is -2.05. The van der Waals surface area contributed by atoms with Crippen molar-refractivity contribution in [3.63, 3.8) is 0 Å². The molecule has 1 aromatic rings. The van der Waals surface area contributed by atoms with E-state index in [-0.39, 0.29) is 5.97 Å². The number of nitrogens with one attached hydrogen (secondary N) is 1. The van der Waals surface area contributed by atoms with Gasteiger partial charge in [-0.1, -0.05) is 36.4 Å². The molecule has 1 aromatic carbocycles. The van der Waals surface area contributed by atoms with Crippen LogP contribution in [0.25, 0.3) is 6.08 Å². The Labute approximate surface area is 109 Å². The minimum atomic E-state index is -0.163. The molecule has 98 valence electrons. The molecule has 0 saturated heterocycles. The van der Waals surface area contributed by atoms with Crippen LogP contribution in [0.3, 0.4) is 0 Å². The Bertz CT molecular complexity index is 399. The van der Waals surface area contributed by atoms with Crippen LogP contribution in [-0.4, -0.2) is 26.7 Å². The molecule has 0 aliphatic rings. The Morgan fingerprint density at radius 2 is 2.17 bits per heavy atom. The van der Waals surface area contributed by atoms with Gasteiger partial charge in [-0.3, -0.25) is 4.79 Å². The number of benzene rings is 1. The molecule has 3 nitrogen and oxygen atoms in total. The van der Waals surface area contributed by atoms with Crippen molar-refractivity contribution in [3.05, 3.63) is 41.5 Å². The van der Waals surface area contributed by atoms with E-state index in [0.717, 1.165) is 19.4 Å². The predicted molar refractivity (Wildman–Crippen MR) is 74.4 cm³/mol. The first-order chi connectivity index (χ1) is 8.77. The van der Waals surface area contributed by atoms with E-state index in [1.807, 2.05) is 19.2 Å². The molecule has 0 fully saturated rings. The zero-order valence-corrected chi connectivity index (χ0v) is 11.1. The van der Waals surface area contributed by atoms with Crippen molar-refractivity contribution in [3.8, 4) is 0 Å². The van der Waals surface area contributed by atoms with Crippen LogP contribution in [0.5, 0.6) is 0 Å². The minimum absolute atomic E-state index is 0.163. The molecule has 0 aromatic heterocycles. The van der Waals surface area contributed by atoms with Crippen LogP contribution in [-0.2, 0) is 16.0 Å². The first-order valence-electron chi connectivity index (χ1n) is 6.23. The number of methoxy groups -OCH3 is 1. The van der Waals surface area contributed by atoms with E-state index in [1.165, 1.54) is 18.2 Å². The van der Waals surface area contributed by atoms with Gasteiger partial charge in [0.25, 0.3) is 0 Å². The van der Waals surface area contributed by atoms with Crippen LogP contribution in [0.4, 0.5) is 0 Å². The Hall–Kier alpha value is -1.61. The van der Waals surface area contributed by atoms with Crippen molar-refractivity contribution in [1.82, 2.24) is 5.32 Å². The Morgan fingerprint density at radius 3 is 2.89 bits per heavy atom. The number of hydrogen-bond donors (Lipinski definition) is 1. The molecular formula is C15H21NO2. The molecule has 0 unspecified atom stereocenters. The van der Waals surface area contributed by atoms with Gasteiger partial charge in [-0.2, -0.15) is 0 Å². The van der Waals surface area contributed by atoms with Gasteiger partial charge in [0.15, 0.2) is 0 Å². The fraction of sp³-hybridized carbons (Fsp3) is 0.400. The first kappa shape index (κ1) is 14.5. The maximum Gasteiger partial charge on any atom is 0.305 e. The van der Waals surface area contributed by atoms with Crippen LogP contribution in [0.15, 0.2) is 30.3 Å². The molecule has 0 saturated carbocycles. The summed E-state index contributed by atoms with van der Waals surface area (Å²) in [6.45, 7) is 0.973. The molecule has 1 N–H and O–H groups in total. The summed E-state index contributed by atoms with van der Waals surface area (Å²) in [4.78, 5) is 11.1. The molecular weight excluding hydrogens is 226 g/mol. The Kier molecular flexibility index (Phi) is 6.81. The van der Waals surface area contributed by atoms with E-state index in [1.54, 1.807) is 0 Å². The van der Waals surface area contributed by atoms with E-state index < -0.39 is 0 Å².